The van der Waals surface area contributed by atoms with Crippen LogP contribution in [0, 0.1) is 21.0 Å². The number of amides is 1. The second-order valence-electron chi connectivity index (χ2n) is 5.91. The number of aliphatic hydroxyl groups is 2. The number of nitrogens with one attached hydrogen (secondary N) is 2. The van der Waals surface area contributed by atoms with E-state index in [0.29, 0.717) is 3.57 Å². The highest BCUT2D eigenvalue weighted by Gasteiger charge is 2.23. The lowest BCUT2D eigenvalue weighted by molar-refractivity contribution is 0.0262. The zero-order valence-corrected chi connectivity index (χ0v) is 18.2. The van der Waals surface area contributed by atoms with Crippen molar-refractivity contribution in [3.8, 4) is 0 Å². The molecule has 0 unspecified atom stereocenters. The van der Waals surface area contributed by atoms with Crippen LogP contribution in [0.15, 0.2) is 29.4 Å². The Balaban J connectivity index is 2.43. The largest absolute Gasteiger partial charge is 0.396 e. The lowest BCUT2D eigenvalue weighted by Crippen LogP contribution is -2.26. The molecule has 0 bridgehead atoms. The van der Waals surface area contributed by atoms with Gasteiger partial charge in [0.25, 0.3) is 5.91 Å². The van der Waals surface area contributed by atoms with E-state index in [9.17, 15) is 18.0 Å². The van der Waals surface area contributed by atoms with Crippen molar-refractivity contribution in [2.24, 2.45) is 5.16 Å². The highest BCUT2D eigenvalue weighted by atomic mass is 127. The Morgan fingerprint density at radius 1 is 1.13 bits per heavy atom. The van der Waals surface area contributed by atoms with Crippen LogP contribution in [-0.2, 0) is 9.68 Å². The SMILES string of the molecule is O=C(NOCCCO)c1cc(C=NOCCO)c(F)c(F)c1Nc1ccc(I)cc1F. The number of carbonyl (C=O) groups is 1. The van der Waals surface area contributed by atoms with Crippen molar-refractivity contribution in [2.75, 3.05) is 31.7 Å². The second-order valence-corrected chi connectivity index (χ2v) is 7.16. The Bertz CT molecular complexity index is 946. The van der Waals surface area contributed by atoms with Gasteiger partial charge < -0.3 is 20.4 Å². The summed E-state index contributed by atoms with van der Waals surface area (Å²) in [6, 6.07) is 5.00. The fraction of sp³-hybridized carbons (Fsp3) is 0.263. The Morgan fingerprint density at radius 3 is 2.58 bits per heavy atom. The van der Waals surface area contributed by atoms with Crippen LogP contribution in [0.1, 0.15) is 22.3 Å². The Morgan fingerprint density at radius 2 is 1.90 bits per heavy atom. The fourth-order valence-corrected chi connectivity index (χ4v) is 2.72. The van der Waals surface area contributed by atoms with E-state index in [-0.39, 0.29) is 38.5 Å². The van der Waals surface area contributed by atoms with Crippen LogP contribution >= 0.6 is 22.6 Å². The summed E-state index contributed by atoms with van der Waals surface area (Å²) in [7, 11) is 0. The molecule has 0 aliphatic rings. The topological polar surface area (TPSA) is 112 Å². The lowest BCUT2D eigenvalue weighted by atomic mass is 10.1. The fourth-order valence-electron chi connectivity index (χ4n) is 2.26. The van der Waals surface area contributed by atoms with E-state index in [1.54, 1.807) is 0 Å². The van der Waals surface area contributed by atoms with Gasteiger partial charge in [-0.25, -0.2) is 18.7 Å². The number of hydrogen-bond donors (Lipinski definition) is 4. The summed E-state index contributed by atoms with van der Waals surface area (Å²) in [6.07, 6.45) is 1.06. The monoisotopic (exact) mass is 553 g/mol. The molecule has 0 spiro atoms. The number of hydrogen-bond acceptors (Lipinski definition) is 7. The molecule has 31 heavy (non-hydrogen) atoms. The third-order valence-electron chi connectivity index (χ3n) is 3.69. The zero-order chi connectivity index (χ0) is 22.8. The first-order chi connectivity index (χ1) is 14.9. The van der Waals surface area contributed by atoms with Crippen molar-refractivity contribution in [2.45, 2.75) is 6.42 Å². The summed E-state index contributed by atoms with van der Waals surface area (Å²) in [6.45, 7) is -0.700. The van der Waals surface area contributed by atoms with Gasteiger partial charge in [-0.3, -0.25) is 9.63 Å². The van der Waals surface area contributed by atoms with E-state index < -0.39 is 40.2 Å². The van der Waals surface area contributed by atoms with Gasteiger partial charge in [-0.1, -0.05) is 5.16 Å². The van der Waals surface area contributed by atoms with Crippen LogP contribution in [0.3, 0.4) is 0 Å². The zero-order valence-electron chi connectivity index (χ0n) is 16.0. The lowest BCUT2D eigenvalue weighted by Gasteiger charge is -2.15. The Labute approximate surface area is 189 Å². The van der Waals surface area contributed by atoms with Gasteiger partial charge in [0.15, 0.2) is 11.6 Å². The van der Waals surface area contributed by atoms with Crippen molar-refractivity contribution in [1.29, 1.82) is 0 Å². The number of anilines is 2. The molecule has 4 N–H and O–H groups in total. The van der Waals surface area contributed by atoms with Crippen molar-refractivity contribution in [1.82, 2.24) is 5.48 Å². The molecule has 2 aromatic rings. The van der Waals surface area contributed by atoms with Crippen LogP contribution in [0.25, 0.3) is 0 Å². The van der Waals surface area contributed by atoms with Crippen LogP contribution < -0.4 is 10.8 Å². The molecular formula is C19H19F3IN3O5. The Kier molecular flexibility index (Phi) is 9.97. The molecule has 168 valence electrons. The summed E-state index contributed by atoms with van der Waals surface area (Å²) >= 11 is 1.88. The van der Waals surface area contributed by atoms with Gasteiger partial charge >= 0.3 is 0 Å². The van der Waals surface area contributed by atoms with Crippen LogP contribution in [-0.4, -0.2) is 48.8 Å². The van der Waals surface area contributed by atoms with E-state index in [1.165, 1.54) is 18.2 Å². The van der Waals surface area contributed by atoms with E-state index in [2.05, 4.69) is 20.8 Å². The predicted octanol–water partition coefficient (Wildman–Crippen LogP) is 2.84. The smallest absolute Gasteiger partial charge is 0.277 e. The minimum absolute atomic E-state index is 0.0241. The molecule has 2 aromatic carbocycles. The summed E-state index contributed by atoms with van der Waals surface area (Å²) in [5.41, 5.74) is 0.431. The summed E-state index contributed by atoms with van der Waals surface area (Å²) in [5.74, 6) is -4.50. The molecule has 0 aliphatic carbocycles. The number of nitrogens with zero attached hydrogens (tertiary/aromatic N) is 1. The maximum Gasteiger partial charge on any atom is 0.277 e. The number of oxime groups is 1. The van der Waals surface area contributed by atoms with E-state index in [4.69, 9.17) is 15.1 Å². The number of carbonyl (C=O) groups excluding carboxylic acids is 1. The molecular weight excluding hydrogens is 534 g/mol. The van der Waals surface area contributed by atoms with Crippen molar-refractivity contribution >= 4 is 46.1 Å². The van der Waals surface area contributed by atoms with Crippen molar-refractivity contribution in [3.05, 3.63) is 56.4 Å². The molecule has 0 fully saturated rings. The van der Waals surface area contributed by atoms with Crippen LogP contribution in [0.5, 0.6) is 0 Å². The molecule has 0 aromatic heterocycles. The third-order valence-corrected chi connectivity index (χ3v) is 4.36. The Hall–Kier alpha value is -2.42. The molecule has 0 aliphatic heterocycles. The van der Waals surface area contributed by atoms with Crippen molar-refractivity contribution < 1.29 is 37.9 Å². The molecule has 2 rings (SSSR count). The molecule has 1 amide bonds. The van der Waals surface area contributed by atoms with Gasteiger partial charge in [0.05, 0.1) is 36.4 Å². The number of halogens is 4. The molecule has 0 atom stereocenters. The predicted molar refractivity (Wildman–Crippen MR) is 115 cm³/mol. The van der Waals surface area contributed by atoms with E-state index in [1.807, 2.05) is 22.6 Å². The first kappa shape index (κ1) is 24.8. The maximum atomic E-state index is 14.8. The standard InChI is InChI=1S/C19H19F3IN3O5/c20-14-9-12(23)2-3-15(14)25-18-13(19(29)26-31-6-1-4-27)8-11(16(21)17(18)22)10-24-30-7-5-28/h2-3,8-10,25,27-28H,1,4-7H2,(H,26,29). The second kappa shape index (κ2) is 12.4. The van der Waals surface area contributed by atoms with Crippen molar-refractivity contribution in [3.63, 3.8) is 0 Å². The van der Waals surface area contributed by atoms with E-state index in [0.717, 1.165) is 12.3 Å². The highest BCUT2D eigenvalue weighted by Crippen LogP contribution is 2.30. The number of aliphatic hydroxyl groups excluding tert-OH is 2. The van der Waals surface area contributed by atoms with Crippen LogP contribution in [0.2, 0.25) is 0 Å². The van der Waals surface area contributed by atoms with Gasteiger partial charge in [0, 0.05) is 15.7 Å². The minimum Gasteiger partial charge on any atom is -0.396 e. The minimum atomic E-state index is -1.45. The number of benzene rings is 2. The van der Waals surface area contributed by atoms with E-state index >= 15 is 0 Å². The molecule has 0 heterocycles. The summed E-state index contributed by atoms with van der Waals surface area (Å²) in [4.78, 5) is 22.1. The molecule has 12 heteroatoms. The molecule has 0 saturated carbocycles. The van der Waals surface area contributed by atoms with Gasteiger partial charge in [-0.05, 0) is 53.3 Å². The van der Waals surface area contributed by atoms with Gasteiger partial charge in [-0.15, -0.1) is 0 Å². The number of rotatable bonds is 11. The van der Waals surface area contributed by atoms with Crippen LogP contribution in [0.4, 0.5) is 24.5 Å². The quantitative estimate of drug-likeness (QED) is 0.148. The molecule has 8 nitrogen and oxygen atoms in total. The third kappa shape index (κ3) is 7.05. The number of hydroxylamine groups is 1. The first-order valence-electron chi connectivity index (χ1n) is 8.92. The summed E-state index contributed by atoms with van der Waals surface area (Å²) < 4.78 is 44.2. The van der Waals surface area contributed by atoms with Gasteiger partial charge in [0.1, 0.15) is 12.4 Å². The summed E-state index contributed by atoms with van der Waals surface area (Å²) in [5, 5.41) is 23.2. The average molecular weight is 553 g/mol. The van der Waals surface area contributed by atoms with Gasteiger partial charge in [-0.2, -0.15) is 0 Å². The first-order valence-corrected chi connectivity index (χ1v) is 10.00. The molecule has 0 saturated heterocycles. The normalized spacial score (nSPS) is 11.0. The molecule has 0 radical (unpaired) electrons. The van der Waals surface area contributed by atoms with Gasteiger partial charge in [0.2, 0.25) is 0 Å². The highest BCUT2D eigenvalue weighted by molar-refractivity contribution is 14.1. The maximum absolute atomic E-state index is 14.8. The average Bonchev–Trinajstić information content (AvgIpc) is 2.74.